The Bertz CT molecular complexity index is 311. The van der Waals surface area contributed by atoms with E-state index in [0.29, 0.717) is 12.2 Å². The van der Waals surface area contributed by atoms with Crippen LogP contribution < -0.4 is 0 Å². The van der Waals surface area contributed by atoms with Crippen molar-refractivity contribution in [3.63, 3.8) is 0 Å². The maximum atomic E-state index is 12.1. The average Bonchev–Trinajstić information content (AvgIpc) is 3.16. The third-order valence-electron chi connectivity index (χ3n) is 4.15. The first-order valence-corrected chi connectivity index (χ1v) is 9.52. The second-order valence-corrected chi connectivity index (χ2v) is 7.74. The van der Waals surface area contributed by atoms with Gasteiger partial charge in [0.05, 0.1) is 13.5 Å². The molecule has 1 aliphatic rings. The van der Waals surface area contributed by atoms with Crippen LogP contribution in [0.4, 0.5) is 0 Å². The highest BCUT2D eigenvalue weighted by Gasteiger charge is 2.45. The number of carbonyl (C=O) groups excluding carboxylic acids is 1. The summed E-state index contributed by atoms with van der Waals surface area (Å²) in [5.41, 5.74) is 0.0130. The zero-order valence-electron chi connectivity index (χ0n) is 13.1. The second-order valence-electron chi connectivity index (χ2n) is 6.16. The summed E-state index contributed by atoms with van der Waals surface area (Å²) < 4.78 is 16.8. The molecule has 0 radical (unpaired) electrons. The molecule has 0 heterocycles. The van der Waals surface area contributed by atoms with Gasteiger partial charge in [-0.1, -0.05) is 45.4 Å². The van der Waals surface area contributed by atoms with E-state index in [1.54, 1.807) is 0 Å². The minimum absolute atomic E-state index is 0.0130. The van der Waals surface area contributed by atoms with E-state index >= 15 is 0 Å². The van der Waals surface area contributed by atoms with E-state index < -0.39 is 10.8 Å². The Balaban J connectivity index is 2.04. The minimum Gasteiger partial charge on any atom is -0.469 e. The number of carbonyl (C=O) groups is 1. The van der Waals surface area contributed by atoms with Crippen molar-refractivity contribution in [1.29, 1.82) is 0 Å². The Hall–Kier alpha value is -0.380. The molecule has 1 rings (SSSR count). The zero-order valence-corrected chi connectivity index (χ0v) is 13.9. The number of unbranched alkanes of at least 4 members (excludes halogenated alkanes) is 6. The molecule has 1 saturated carbocycles. The quantitative estimate of drug-likeness (QED) is 0.406. The van der Waals surface area contributed by atoms with Crippen molar-refractivity contribution in [2.75, 3.05) is 18.6 Å². The van der Waals surface area contributed by atoms with Gasteiger partial charge >= 0.3 is 5.97 Å². The van der Waals surface area contributed by atoms with Crippen LogP contribution in [0.25, 0.3) is 0 Å². The fourth-order valence-electron chi connectivity index (χ4n) is 2.56. The van der Waals surface area contributed by atoms with Gasteiger partial charge in [-0.15, -0.1) is 0 Å². The molecule has 4 heteroatoms. The molecular formula is C16H30O3S. The fraction of sp³-hybridized carbons (Fsp3) is 0.938. The van der Waals surface area contributed by atoms with Crippen LogP contribution in [-0.2, 0) is 20.3 Å². The van der Waals surface area contributed by atoms with Crippen LogP contribution in [0.15, 0.2) is 0 Å². The van der Waals surface area contributed by atoms with Crippen molar-refractivity contribution >= 4 is 16.8 Å². The van der Waals surface area contributed by atoms with Crippen molar-refractivity contribution < 1.29 is 13.7 Å². The summed E-state index contributed by atoms with van der Waals surface area (Å²) >= 11 is 0. The number of ether oxygens (including phenoxy) is 1. The first kappa shape index (κ1) is 17.7. The fourth-order valence-corrected chi connectivity index (χ4v) is 4.31. The Morgan fingerprint density at radius 3 is 2.25 bits per heavy atom. The Kier molecular flexibility index (Phi) is 8.43. The summed E-state index contributed by atoms with van der Waals surface area (Å²) in [6.45, 7) is 2.23. The molecule has 0 aromatic carbocycles. The molecule has 0 amide bonds. The van der Waals surface area contributed by atoms with E-state index in [2.05, 4.69) is 6.92 Å². The van der Waals surface area contributed by atoms with Gasteiger partial charge in [-0.3, -0.25) is 9.00 Å². The summed E-state index contributed by atoms with van der Waals surface area (Å²) in [5.74, 6) is 1.34. The van der Waals surface area contributed by atoms with Crippen molar-refractivity contribution in [3.8, 4) is 0 Å². The van der Waals surface area contributed by atoms with Gasteiger partial charge in [0.15, 0.2) is 0 Å². The molecule has 0 spiro atoms. The molecule has 1 fully saturated rings. The van der Waals surface area contributed by atoms with Gasteiger partial charge in [0.25, 0.3) is 0 Å². The SMILES string of the molecule is CCCCCCCCCS(=O)CC1(CC(=O)OC)CC1. The first-order chi connectivity index (χ1) is 9.62. The van der Waals surface area contributed by atoms with Crippen LogP contribution in [0.3, 0.4) is 0 Å². The molecule has 1 atom stereocenters. The molecule has 118 valence electrons. The average molecular weight is 302 g/mol. The minimum atomic E-state index is -0.762. The van der Waals surface area contributed by atoms with E-state index in [4.69, 9.17) is 4.74 Å². The highest BCUT2D eigenvalue weighted by Crippen LogP contribution is 2.49. The topological polar surface area (TPSA) is 43.4 Å². The lowest BCUT2D eigenvalue weighted by Gasteiger charge is -2.13. The Morgan fingerprint density at radius 1 is 1.10 bits per heavy atom. The maximum Gasteiger partial charge on any atom is 0.306 e. The van der Waals surface area contributed by atoms with E-state index in [-0.39, 0.29) is 11.4 Å². The second kappa shape index (κ2) is 9.54. The summed E-state index contributed by atoms with van der Waals surface area (Å²) in [6.07, 6.45) is 11.3. The van der Waals surface area contributed by atoms with Crippen LogP contribution in [-0.4, -0.2) is 28.8 Å². The smallest absolute Gasteiger partial charge is 0.306 e. The van der Waals surface area contributed by atoms with Crippen molar-refractivity contribution in [2.45, 2.75) is 71.1 Å². The van der Waals surface area contributed by atoms with E-state index in [1.165, 1.54) is 45.6 Å². The van der Waals surface area contributed by atoms with Gasteiger partial charge in [-0.05, 0) is 24.7 Å². The van der Waals surface area contributed by atoms with Crippen molar-refractivity contribution in [3.05, 3.63) is 0 Å². The molecule has 0 N–H and O–H groups in total. The number of esters is 1. The molecular weight excluding hydrogens is 272 g/mol. The molecule has 0 aliphatic heterocycles. The normalized spacial score (nSPS) is 17.7. The molecule has 1 aliphatic carbocycles. The largest absolute Gasteiger partial charge is 0.469 e. The standard InChI is InChI=1S/C16H30O3S/c1-3-4-5-6-7-8-9-12-20(18)14-16(10-11-16)13-15(17)19-2/h3-14H2,1-2H3. The summed E-state index contributed by atoms with van der Waals surface area (Å²) in [5, 5.41) is 0. The lowest BCUT2D eigenvalue weighted by Crippen LogP contribution is -2.19. The molecule has 1 unspecified atom stereocenters. The monoisotopic (exact) mass is 302 g/mol. The first-order valence-electron chi connectivity index (χ1n) is 8.04. The Morgan fingerprint density at radius 2 is 1.70 bits per heavy atom. The molecule has 20 heavy (non-hydrogen) atoms. The van der Waals surface area contributed by atoms with Crippen LogP contribution in [0.5, 0.6) is 0 Å². The molecule has 0 aromatic heterocycles. The summed E-state index contributed by atoms with van der Waals surface area (Å²) in [6, 6.07) is 0. The van der Waals surface area contributed by atoms with Crippen molar-refractivity contribution in [1.82, 2.24) is 0 Å². The molecule has 3 nitrogen and oxygen atoms in total. The van der Waals surface area contributed by atoms with Crippen LogP contribution in [0.1, 0.15) is 71.1 Å². The van der Waals surface area contributed by atoms with Gasteiger partial charge < -0.3 is 4.74 Å². The van der Waals surface area contributed by atoms with Gasteiger partial charge in [-0.25, -0.2) is 0 Å². The predicted molar refractivity (Wildman–Crippen MR) is 84.2 cm³/mol. The van der Waals surface area contributed by atoms with Gasteiger partial charge in [0.2, 0.25) is 0 Å². The zero-order chi connectivity index (χ0) is 14.8. The highest BCUT2D eigenvalue weighted by atomic mass is 32.2. The molecule has 0 saturated heterocycles. The van der Waals surface area contributed by atoms with Crippen LogP contribution >= 0.6 is 0 Å². The van der Waals surface area contributed by atoms with E-state index in [0.717, 1.165) is 25.0 Å². The van der Waals surface area contributed by atoms with Crippen molar-refractivity contribution in [2.24, 2.45) is 5.41 Å². The predicted octanol–water partition coefficient (Wildman–Crippen LogP) is 3.83. The number of rotatable bonds is 12. The van der Waals surface area contributed by atoms with Crippen LogP contribution in [0, 0.1) is 5.41 Å². The molecule has 0 bridgehead atoms. The third-order valence-corrected chi connectivity index (χ3v) is 5.83. The number of hydrogen-bond donors (Lipinski definition) is 0. The summed E-state index contributed by atoms with van der Waals surface area (Å²) in [4.78, 5) is 11.3. The highest BCUT2D eigenvalue weighted by molar-refractivity contribution is 7.85. The lowest BCUT2D eigenvalue weighted by atomic mass is 10.1. The number of methoxy groups -OCH3 is 1. The van der Waals surface area contributed by atoms with Gasteiger partial charge in [0, 0.05) is 22.3 Å². The molecule has 0 aromatic rings. The van der Waals surface area contributed by atoms with E-state index in [1.807, 2.05) is 0 Å². The van der Waals surface area contributed by atoms with Crippen LogP contribution in [0.2, 0.25) is 0 Å². The maximum absolute atomic E-state index is 12.1. The lowest BCUT2D eigenvalue weighted by molar-refractivity contribution is -0.141. The summed E-state index contributed by atoms with van der Waals surface area (Å²) in [7, 11) is 0.663. The third kappa shape index (κ3) is 7.41. The van der Waals surface area contributed by atoms with Gasteiger partial charge in [-0.2, -0.15) is 0 Å². The van der Waals surface area contributed by atoms with Gasteiger partial charge in [0.1, 0.15) is 0 Å². The number of hydrogen-bond acceptors (Lipinski definition) is 3. The van der Waals surface area contributed by atoms with E-state index in [9.17, 15) is 9.00 Å². The Labute approximate surface area is 126 Å².